The number of nitrogens with zero attached hydrogens (tertiary/aromatic N) is 1. The molecule has 0 unspecified atom stereocenters. The van der Waals surface area contributed by atoms with Gasteiger partial charge in [0, 0.05) is 10.2 Å². The molecule has 3 aromatic carbocycles. The second kappa shape index (κ2) is 10.4. The van der Waals surface area contributed by atoms with Crippen molar-refractivity contribution < 1.29 is 22.7 Å². The van der Waals surface area contributed by atoms with Gasteiger partial charge in [0.2, 0.25) is 5.91 Å². The number of benzene rings is 3. The van der Waals surface area contributed by atoms with Gasteiger partial charge >= 0.3 is 5.97 Å². The number of sulfonamides is 1. The molecular weight excluding hydrogens is 496 g/mol. The third kappa shape index (κ3) is 5.74. The summed E-state index contributed by atoms with van der Waals surface area (Å²) in [5.41, 5.74) is 0.979. The first-order valence-corrected chi connectivity index (χ1v) is 11.9. The lowest BCUT2D eigenvalue weighted by Gasteiger charge is -2.24. The van der Waals surface area contributed by atoms with Crippen LogP contribution < -0.4 is 9.62 Å². The number of rotatable bonds is 8. The fourth-order valence-electron chi connectivity index (χ4n) is 2.91. The summed E-state index contributed by atoms with van der Waals surface area (Å²) in [5.74, 6) is -1.07. The standard InChI is InChI=1S/C23H21BrN2O5S/c1-2-31-23(28)17-7-6-8-19(15-17)25-22(27)16-26(20-13-11-18(24)12-14-20)32(29,30)21-9-4-3-5-10-21/h3-15H,2,16H2,1H3,(H,25,27). The molecule has 0 aromatic heterocycles. The van der Waals surface area contributed by atoms with Crippen molar-refractivity contribution >= 4 is 49.2 Å². The van der Waals surface area contributed by atoms with Crippen LogP contribution in [0.1, 0.15) is 17.3 Å². The SMILES string of the molecule is CCOC(=O)c1cccc(NC(=O)CN(c2ccc(Br)cc2)S(=O)(=O)c2ccccc2)c1. The number of amides is 1. The number of carbonyl (C=O) groups is 2. The van der Waals surface area contributed by atoms with Crippen molar-refractivity contribution in [2.45, 2.75) is 11.8 Å². The van der Waals surface area contributed by atoms with E-state index in [0.29, 0.717) is 11.4 Å². The Morgan fingerprint density at radius 3 is 2.31 bits per heavy atom. The summed E-state index contributed by atoms with van der Waals surface area (Å²) in [6.07, 6.45) is 0. The molecule has 3 aromatic rings. The van der Waals surface area contributed by atoms with E-state index in [2.05, 4.69) is 21.2 Å². The molecule has 0 atom stereocenters. The van der Waals surface area contributed by atoms with E-state index in [1.807, 2.05) is 0 Å². The minimum absolute atomic E-state index is 0.0695. The summed E-state index contributed by atoms with van der Waals surface area (Å²) in [4.78, 5) is 24.8. The quantitative estimate of drug-likeness (QED) is 0.446. The van der Waals surface area contributed by atoms with Crippen LogP contribution in [-0.4, -0.2) is 33.4 Å². The van der Waals surface area contributed by atoms with Crippen LogP contribution in [-0.2, 0) is 19.6 Å². The lowest BCUT2D eigenvalue weighted by atomic mass is 10.2. The summed E-state index contributed by atoms with van der Waals surface area (Å²) in [6.45, 7) is 1.48. The van der Waals surface area contributed by atoms with Crippen LogP contribution in [0.3, 0.4) is 0 Å². The first kappa shape index (κ1) is 23.5. The number of nitrogens with one attached hydrogen (secondary N) is 1. The number of carbonyl (C=O) groups excluding carboxylic acids is 2. The Kier molecular flexibility index (Phi) is 7.66. The van der Waals surface area contributed by atoms with Crippen LogP contribution in [0.5, 0.6) is 0 Å². The van der Waals surface area contributed by atoms with Gasteiger partial charge in [-0.2, -0.15) is 0 Å². The fourth-order valence-corrected chi connectivity index (χ4v) is 4.62. The molecule has 0 spiro atoms. The number of anilines is 2. The van der Waals surface area contributed by atoms with Crippen molar-refractivity contribution in [3.63, 3.8) is 0 Å². The molecule has 0 bridgehead atoms. The predicted octanol–water partition coefficient (Wildman–Crippen LogP) is 4.46. The Hall–Kier alpha value is -3.17. The lowest BCUT2D eigenvalue weighted by molar-refractivity contribution is -0.114. The Balaban J connectivity index is 1.87. The number of esters is 1. The second-order valence-corrected chi connectivity index (χ2v) is 9.43. The van der Waals surface area contributed by atoms with Crippen molar-refractivity contribution in [1.29, 1.82) is 0 Å². The van der Waals surface area contributed by atoms with Crippen LogP contribution in [0.25, 0.3) is 0 Å². The zero-order valence-corrected chi connectivity index (χ0v) is 19.6. The summed E-state index contributed by atoms with van der Waals surface area (Å²) >= 11 is 3.33. The molecule has 32 heavy (non-hydrogen) atoms. The fraction of sp³-hybridized carbons (Fsp3) is 0.130. The van der Waals surface area contributed by atoms with Gasteiger partial charge in [-0.1, -0.05) is 40.2 Å². The summed E-state index contributed by atoms with van der Waals surface area (Å²) < 4.78 is 33.4. The smallest absolute Gasteiger partial charge is 0.338 e. The minimum atomic E-state index is -4.00. The Labute approximate surface area is 195 Å². The van der Waals surface area contributed by atoms with Crippen LogP contribution >= 0.6 is 15.9 Å². The largest absolute Gasteiger partial charge is 0.462 e. The predicted molar refractivity (Wildman–Crippen MR) is 126 cm³/mol. The normalized spacial score (nSPS) is 10.9. The number of ether oxygens (including phenoxy) is 1. The molecule has 0 aliphatic carbocycles. The molecule has 7 nitrogen and oxygen atoms in total. The maximum atomic E-state index is 13.3. The van der Waals surface area contributed by atoms with Crippen LogP contribution in [0.15, 0.2) is 88.2 Å². The van der Waals surface area contributed by atoms with E-state index in [-0.39, 0.29) is 17.1 Å². The van der Waals surface area contributed by atoms with Gasteiger partial charge in [-0.05, 0) is 61.5 Å². The molecule has 0 heterocycles. The Morgan fingerprint density at radius 1 is 0.969 bits per heavy atom. The number of halogens is 1. The van der Waals surface area contributed by atoms with Gasteiger partial charge in [0.25, 0.3) is 10.0 Å². The van der Waals surface area contributed by atoms with Crippen molar-refractivity contribution in [3.8, 4) is 0 Å². The molecular formula is C23H21BrN2O5S. The number of hydrogen-bond acceptors (Lipinski definition) is 5. The highest BCUT2D eigenvalue weighted by atomic mass is 79.9. The van der Waals surface area contributed by atoms with Gasteiger partial charge in [0.05, 0.1) is 22.8 Å². The zero-order chi connectivity index (χ0) is 23.1. The first-order chi connectivity index (χ1) is 15.3. The number of hydrogen-bond donors (Lipinski definition) is 1. The van der Waals surface area contributed by atoms with Crippen LogP contribution in [0.2, 0.25) is 0 Å². The molecule has 0 saturated heterocycles. The molecule has 0 aliphatic heterocycles. The van der Waals surface area contributed by atoms with E-state index in [1.54, 1.807) is 67.6 Å². The Bertz CT molecular complexity index is 1200. The van der Waals surface area contributed by atoms with Gasteiger partial charge in [-0.25, -0.2) is 13.2 Å². The molecule has 9 heteroatoms. The molecule has 0 saturated carbocycles. The maximum Gasteiger partial charge on any atom is 0.338 e. The average molecular weight is 517 g/mol. The van der Waals surface area contributed by atoms with Gasteiger partial charge in [-0.15, -0.1) is 0 Å². The summed E-state index contributed by atoms with van der Waals surface area (Å²) in [7, 11) is -4.00. The van der Waals surface area contributed by atoms with E-state index in [1.165, 1.54) is 18.2 Å². The maximum absolute atomic E-state index is 13.3. The van der Waals surface area contributed by atoms with E-state index in [4.69, 9.17) is 4.74 Å². The van der Waals surface area contributed by atoms with Gasteiger partial charge in [0.15, 0.2) is 0 Å². The molecule has 0 aliphatic rings. The molecule has 3 rings (SSSR count). The molecule has 1 amide bonds. The van der Waals surface area contributed by atoms with E-state index in [9.17, 15) is 18.0 Å². The third-order valence-corrected chi connectivity index (χ3v) is 6.71. The average Bonchev–Trinajstić information content (AvgIpc) is 2.79. The van der Waals surface area contributed by atoms with Crippen molar-refractivity contribution in [3.05, 3.63) is 88.9 Å². The van der Waals surface area contributed by atoms with E-state index < -0.39 is 28.4 Å². The van der Waals surface area contributed by atoms with Gasteiger partial charge in [-0.3, -0.25) is 9.10 Å². The van der Waals surface area contributed by atoms with Crippen LogP contribution in [0, 0.1) is 0 Å². The Morgan fingerprint density at radius 2 is 1.66 bits per heavy atom. The topological polar surface area (TPSA) is 92.8 Å². The molecule has 0 fully saturated rings. The van der Waals surface area contributed by atoms with Gasteiger partial charge < -0.3 is 10.1 Å². The van der Waals surface area contributed by atoms with Crippen molar-refractivity contribution in [2.75, 3.05) is 22.8 Å². The first-order valence-electron chi connectivity index (χ1n) is 9.71. The molecule has 166 valence electrons. The lowest BCUT2D eigenvalue weighted by Crippen LogP contribution is -2.38. The monoisotopic (exact) mass is 516 g/mol. The molecule has 1 N–H and O–H groups in total. The second-order valence-electron chi connectivity index (χ2n) is 6.65. The minimum Gasteiger partial charge on any atom is -0.462 e. The highest BCUT2D eigenvalue weighted by molar-refractivity contribution is 9.10. The van der Waals surface area contributed by atoms with Crippen molar-refractivity contribution in [2.24, 2.45) is 0 Å². The third-order valence-electron chi connectivity index (χ3n) is 4.39. The van der Waals surface area contributed by atoms with Crippen molar-refractivity contribution in [1.82, 2.24) is 0 Å². The summed E-state index contributed by atoms with van der Waals surface area (Å²) in [5, 5.41) is 2.65. The van der Waals surface area contributed by atoms with Crippen LogP contribution in [0.4, 0.5) is 11.4 Å². The highest BCUT2D eigenvalue weighted by Gasteiger charge is 2.27. The van der Waals surface area contributed by atoms with E-state index in [0.717, 1.165) is 8.78 Å². The van der Waals surface area contributed by atoms with E-state index >= 15 is 0 Å². The summed E-state index contributed by atoms with van der Waals surface area (Å²) in [6, 6.07) is 20.8. The molecule has 0 radical (unpaired) electrons. The highest BCUT2D eigenvalue weighted by Crippen LogP contribution is 2.25. The van der Waals surface area contributed by atoms with Gasteiger partial charge in [0.1, 0.15) is 6.54 Å². The zero-order valence-electron chi connectivity index (χ0n) is 17.2.